The molecule has 52 heavy (non-hydrogen) atoms. The highest BCUT2D eigenvalue weighted by atomic mass is 16.5. The van der Waals surface area contributed by atoms with Gasteiger partial charge in [0.1, 0.15) is 11.5 Å². The normalized spacial score (nSPS) is 11.8. The van der Waals surface area contributed by atoms with E-state index in [2.05, 4.69) is 19.9 Å². The van der Waals surface area contributed by atoms with Crippen LogP contribution in [0, 0.1) is 0 Å². The van der Waals surface area contributed by atoms with E-state index < -0.39 is 0 Å². The second-order valence-corrected chi connectivity index (χ2v) is 13.0. The van der Waals surface area contributed by atoms with Crippen LogP contribution in [0.2, 0.25) is 0 Å². The molecule has 0 bridgehead atoms. The zero-order chi connectivity index (χ0) is 35.9. The van der Waals surface area contributed by atoms with Crippen LogP contribution in [0.15, 0.2) is 73.2 Å². The zero-order valence-corrected chi connectivity index (χ0v) is 28.6. The van der Waals surface area contributed by atoms with Crippen molar-refractivity contribution in [3.63, 3.8) is 0 Å². The number of ether oxygens (including phenoxy) is 2. The molecule has 0 aliphatic heterocycles. The lowest BCUT2D eigenvalue weighted by molar-refractivity contribution is 0.395. The lowest BCUT2D eigenvalue weighted by Gasteiger charge is -2.17. The van der Waals surface area contributed by atoms with Crippen molar-refractivity contribution in [2.75, 3.05) is 26.2 Å². The van der Waals surface area contributed by atoms with Gasteiger partial charge < -0.3 is 62.6 Å². The fourth-order valence-electron chi connectivity index (χ4n) is 7.50. The number of nitrogens with two attached hydrogens (primary N) is 4. The van der Waals surface area contributed by atoms with Crippen LogP contribution in [0.3, 0.4) is 0 Å². The fraction of sp³-hybridized carbons (Fsp3) is 0.200. The molecule has 0 spiro atoms. The molecule has 4 aromatic heterocycles. The molecule has 266 valence electrons. The average molecular weight is 699 g/mol. The molecule has 0 fully saturated rings. The summed E-state index contributed by atoms with van der Waals surface area (Å²) in [5.74, 6) is 1.77. The molecular formula is C40H42N8O4. The van der Waals surface area contributed by atoms with Crippen molar-refractivity contribution in [2.45, 2.75) is 25.7 Å². The Morgan fingerprint density at radius 1 is 0.538 bits per heavy atom. The summed E-state index contributed by atoms with van der Waals surface area (Å²) in [7, 11) is 0. The average Bonchev–Trinajstić information content (AvgIpc) is 3.93. The number of hydrogen-bond donors (Lipinski definition) is 10. The van der Waals surface area contributed by atoms with Crippen LogP contribution >= 0.6 is 0 Å². The molecule has 0 radical (unpaired) electrons. The fourth-order valence-corrected chi connectivity index (χ4v) is 7.50. The molecule has 0 amide bonds. The van der Waals surface area contributed by atoms with E-state index in [9.17, 15) is 10.2 Å². The first-order valence-electron chi connectivity index (χ1n) is 17.5. The Hall–Kier alpha value is -5.92. The number of rotatable bonds is 13. The quantitative estimate of drug-likeness (QED) is 0.0658. The van der Waals surface area contributed by atoms with E-state index in [0.29, 0.717) is 74.7 Å². The van der Waals surface area contributed by atoms with Crippen LogP contribution in [0.4, 0.5) is 0 Å². The highest BCUT2D eigenvalue weighted by Crippen LogP contribution is 2.50. The maximum Gasteiger partial charge on any atom is 0.179 e. The maximum atomic E-state index is 11.5. The molecule has 8 rings (SSSR count). The maximum absolute atomic E-state index is 11.5. The largest absolute Gasteiger partial charge is 0.507 e. The molecule has 0 saturated carbocycles. The summed E-state index contributed by atoms with van der Waals surface area (Å²) < 4.78 is 13.6. The minimum atomic E-state index is -0.0231. The van der Waals surface area contributed by atoms with Gasteiger partial charge in [0.15, 0.2) is 23.0 Å². The molecule has 12 heteroatoms. The Morgan fingerprint density at radius 2 is 1.13 bits per heavy atom. The van der Waals surface area contributed by atoms with Gasteiger partial charge in [0.25, 0.3) is 0 Å². The Bertz CT molecular complexity index is 2580. The Kier molecular flexibility index (Phi) is 8.73. The third kappa shape index (κ3) is 5.58. The molecule has 0 unspecified atom stereocenters. The number of aromatic nitrogens is 4. The predicted molar refractivity (Wildman–Crippen MR) is 207 cm³/mol. The van der Waals surface area contributed by atoms with Gasteiger partial charge in [-0.15, -0.1) is 0 Å². The Morgan fingerprint density at radius 3 is 1.87 bits per heavy atom. The summed E-state index contributed by atoms with van der Waals surface area (Å²) in [4.78, 5) is 13.5. The van der Waals surface area contributed by atoms with E-state index in [1.165, 1.54) is 0 Å². The Labute approximate surface area is 298 Å². The first-order chi connectivity index (χ1) is 25.4. The van der Waals surface area contributed by atoms with E-state index in [-0.39, 0.29) is 17.2 Å². The van der Waals surface area contributed by atoms with Gasteiger partial charge in [0.2, 0.25) is 0 Å². The number of aromatic amines is 4. The van der Waals surface area contributed by atoms with Gasteiger partial charge in [-0.1, -0.05) is 0 Å². The third-order valence-corrected chi connectivity index (χ3v) is 9.81. The number of aromatic hydroxyl groups is 2. The molecule has 0 aliphatic carbocycles. The molecule has 8 aromatic rings. The van der Waals surface area contributed by atoms with Crippen molar-refractivity contribution in [1.29, 1.82) is 0 Å². The molecule has 0 aliphatic rings. The first-order valence-corrected chi connectivity index (χ1v) is 17.5. The number of H-pyrrole nitrogens is 4. The second kappa shape index (κ2) is 13.7. The van der Waals surface area contributed by atoms with Crippen LogP contribution < -0.4 is 32.4 Å². The number of phenolic OH excluding ortho intramolecular Hbond substituents is 2. The minimum absolute atomic E-state index is 0.0231. The number of benzene rings is 4. The number of hydrogen-bond acceptors (Lipinski definition) is 8. The van der Waals surface area contributed by atoms with E-state index in [1.807, 2.05) is 61.1 Å². The zero-order valence-electron chi connectivity index (χ0n) is 28.6. The lowest BCUT2D eigenvalue weighted by Crippen LogP contribution is -2.05. The number of fused-ring (bicyclic) bond motifs is 4. The number of phenols is 2. The summed E-state index contributed by atoms with van der Waals surface area (Å²) in [5, 5.41) is 26.1. The van der Waals surface area contributed by atoms with Crippen LogP contribution in [0.1, 0.15) is 22.3 Å². The standard InChI is InChI=1S/C40H42N8O4/c41-13-9-21-18-45-27-2-1-24(17-26(21)27)51-40-33(52-39-32(50)7-4-29-35(39)23(11-15-43)20-47-29)8-5-30-36(40)25(12-16-44)38(48-30)37-31(49)6-3-28-34(37)22(10-14-42)19-46-28/h1-8,17-20,45-50H,9-16,41-44H2. The van der Waals surface area contributed by atoms with Gasteiger partial charge in [-0.05, 0) is 129 Å². The van der Waals surface area contributed by atoms with Crippen molar-refractivity contribution in [3.8, 4) is 45.8 Å². The van der Waals surface area contributed by atoms with Gasteiger partial charge in [-0.25, -0.2) is 0 Å². The van der Waals surface area contributed by atoms with Gasteiger partial charge in [0, 0.05) is 62.2 Å². The van der Waals surface area contributed by atoms with Crippen molar-refractivity contribution in [2.24, 2.45) is 22.9 Å². The highest BCUT2D eigenvalue weighted by Gasteiger charge is 2.26. The van der Waals surface area contributed by atoms with Crippen molar-refractivity contribution in [1.82, 2.24) is 19.9 Å². The predicted octanol–water partition coefficient (Wildman–Crippen LogP) is 6.28. The van der Waals surface area contributed by atoms with Gasteiger partial charge >= 0.3 is 0 Å². The molecular weight excluding hydrogens is 656 g/mol. The summed E-state index contributed by atoms with van der Waals surface area (Å²) >= 11 is 0. The van der Waals surface area contributed by atoms with Gasteiger partial charge in [-0.3, -0.25) is 0 Å². The van der Waals surface area contributed by atoms with E-state index in [1.54, 1.807) is 12.1 Å². The van der Waals surface area contributed by atoms with Gasteiger partial charge in [-0.2, -0.15) is 0 Å². The topological polar surface area (TPSA) is 226 Å². The highest BCUT2D eigenvalue weighted by molar-refractivity contribution is 6.06. The SMILES string of the molecule is NCCc1c[nH]c2ccc(Oc3c(Oc4c(O)ccc5[nH]cc(CCN)c45)ccc4[nH]c(-c5c(O)ccc6[nH]cc(CCN)c56)c(CCN)c34)cc12. The van der Waals surface area contributed by atoms with E-state index in [4.69, 9.17) is 32.4 Å². The molecule has 4 aromatic carbocycles. The summed E-state index contributed by atoms with van der Waals surface area (Å²) in [6, 6.07) is 16.6. The van der Waals surface area contributed by atoms with Crippen LogP contribution in [-0.2, 0) is 25.7 Å². The summed E-state index contributed by atoms with van der Waals surface area (Å²) in [6.45, 7) is 1.72. The summed E-state index contributed by atoms with van der Waals surface area (Å²) in [5.41, 5.74) is 32.8. The smallest absolute Gasteiger partial charge is 0.179 e. The van der Waals surface area contributed by atoms with E-state index in [0.717, 1.165) is 71.6 Å². The van der Waals surface area contributed by atoms with Crippen molar-refractivity contribution < 1.29 is 19.7 Å². The van der Waals surface area contributed by atoms with E-state index >= 15 is 0 Å². The second-order valence-electron chi connectivity index (χ2n) is 13.0. The third-order valence-electron chi connectivity index (χ3n) is 9.81. The first kappa shape index (κ1) is 33.2. The minimum Gasteiger partial charge on any atom is -0.507 e. The van der Waals surface area contributed by atoms with Gasteiger partial charge in [0.05, 0.1) is 11.2 Å². The number of nitrogens with one attached hydrogen (secondary N) is 4. The molecule has 0 saturated heterocycles. The lowest BCUT2D eigenvalue weighted by atomic mass is 9.96. The van der Waals surface area contributed by atoms with Crippen LogP contribution in [0.25, 0.3) is 54.9 Å². The summed E-state index contributed by atoms with van der Waals surface area (Å²) in [6.07, 6.45) is 8.19. The van der Waals surface area contributed by atoms with Crippen molar-refractivity contribution in [3.05, 3.63) is 95.4 Å². The Balaban J connectivity index is 1.39. The monoisotopic (exact) mass is 698 g/mol. The van der Waals surface area contributed by atoms with Crippen LogP contribution in [0.5, 0.6) is 34.5 Å². The molecule has 4 heterocycles. The van der Waals surface area contributed by atoms with Crippen LogP contribution in [-0.4, -0.2) is 56.3 Å². The molecule has 14 N–H and O–H groups in total. The molecule has 0 atom stereocenters. The molecule has 12 nitrogen and oxygen atoms in total. The van der Waals surface area contributed by atoms with Crippen molar-refractivity contribution >= 4 is 43.6 Å².